The smallest absolute Gasteiger partial charge is 0.103 e. The molecular weight excluding hydrogens is 601 g/mol. The number of rotatable bonds is 1. The molecule has 3 aromatic carbocycles. The first kappa shape index (κ1) is 22.0. The molecule has 0 aliphatic carbocycles. The Morgan fingerprint density at radius 2 is 1.65 bits per heavy atom. The van der Waals surface area contributed by atoms with Gasteiger partial charge in [-0.1, -0.05) is 70.9 Å². The fraction of sp³-hybridized carbons (Fsp3) is 0.0357. The summed E-state index contributed by atoms with van der Waals surface area (Å²) in [4.78, 5) is 17.4. The molecule has 6 heteroatoms. The van der Waals surface area contributed by atoms with Crippen molar-refractivity contribution in [3.05, 3.63) is 109 Å². The Kier molecular flexibility index (Phi) is 6.17. The number of hydrogen-bond donors (Lipinski definition) is 0. The topological polar surface area (TPSA) is 62.0 Å². The van der Waals surface area contributed by atoms with Crippen molar-refractivity contribution in [2.45, 2.75) is 6.61 Å². The van der Waals surface area contributed by atoms with Gasteiger partial charge in [-0.3, -0.25) is 4.98 Å². The zero-order chi connectivity index (χ0) is 22.0. The molecular formula is C28H18IrN4O-2. The van der Waals surface area contributed by atoms with Gasteiger partial charge in [-0.2, -0.15) is 0 Å². The minimum atomic E-state index is 0. The van der Waals surface area contributed by atoms with E-state index in [4.69, 9.17) is 4.74 Å². The Bertz CT molecular complexity index is 1550. The molecule has 0 atom stereocenters. The number of imidazole rings is 1. The number of nitrogens with zero attached hydrogens (tertiary/aromatic N) is 4. The molecule has 0 saturated carbocycles. The Morgan fingerprint density at radius 1 is 0.824 bits per heavy atom. The molecule has 0 saturated heterocycles. The average molecular weight is 619 g/mol. The summed E-state index contributed by atoms with van der Waals surface area (Å²) >= 11 is 0. The van der Waals surface area contributed by atoms with Crippen molar-refractivity contribution in [2.24, 2.45) is 0 Å². The standard InChI is InChI=1S/C16H10NO.C12H8N3.Ir/c1-2-5-12-11(4-1)7-8-13-14(12)10-18-15-6-3-9-17-16(13)15;1-2-6-10-9(5-1)14-12(15-10)11-7-3-4-8-13-11;/h1-7,9H,10H2;1-8H;/q2*-1;. The van der Waals surface area contributed by atoms with Gasteiger partial charge < -0.3 is 19.7 Å². The SMILES string of the molecule is [Ir].[c-]1cc2ccccc2c2c1-c1ncccc1OC2.c1ccc(-c2nc3ccccc3[n-]2)nc1. The molecule has 0 N–H and O–H groups in total. The number of fused-ring (bicyclic) bond motifs is 6. The molecule has 0 unspecified atom stereocenters. The molecule has 0 amide bonds. The van der Waals surface area contributed by atoms with Gasteiger partial charge in [0.2, 0.25) is 0 Å². The van der Waals surface area contributed by atoms with Crippen LogP contribution in [0.4, 0.5) is 0 Å². The van der Waals surface area contributed by atoms with Gasteiger partial charge in [-0.15, -0.1) is 17.7 Å². The van der Waals surface area contributed by atoms with Crippen LogP contribution >= 0.6 is 0 Å². The van der Waals surface area contributed by atoms with Gasteiger partial charge in [0.05, 0.1) is 12.3 Å². The number of ether oxygens (including phenoxy) is 1. The third-order valence-corrected chi connectivity index (χ3v) is 5.57. The zero-order valence-corrected chi connectivity index (χ0v) is 20.4. The van der Waals surface area contributed by atoms with Crippen molar-refractivity contribution in [3.63, 3.8) is 0 Å². The maximum Gasteiger partial charge on any atom is 0.103 e. The summed E-state index contributed by atoms with van der Waals surface area (Å²) in [6.07, 6.45) is 3.54. The van der Waals surface area contributed by atoms with Crippen LogP contribution in [-0.2, 0) is 26.7 Å². The summed E-state index contributed by atoms with van der Waals surface area (Å²) in [5, 5.41) is 2.42. The predicted octanol–water partition coefficient (Wildman–Crippen LogP) is 5.85. The first-order valence-corrected chi connectivity index (χ1v) is 10.7. The molecule has 4 heterocycles. The van der Waals surface area contributed by atoms with Gasteiger partial charge in [-0.25, -0.2) is 0 Å². The Balaban J connectivity index is 0.000000140. The van der Waals surface area contributed by atoms with E-state index in [9.17, 15) is 0 Å². The third kappa shape index (κ3) is 4.10. The van der Waals surface area contributed by atoms with E-state index in [1.807, 2.05) is 66.7 Å². The van der Waals surface area contributed by atoms with E-state index in [0.29, 0.717) is 12.4 Å². The quantitative estimate of drug-likeness (QED) is 0.217. The Hall–Kier alpha value is -3.86. The fourth-order valence-electron chi connectivity index (χ4n) is 3.99. The minimum absolute atomic E-state index is 0. The van der Waals surface area contributed by atoms with Gasteiger partial charge in [-0.05, 0) is 41.1 Å². The van der Waals surface area contributed by atoms with Crippen LogP contribution in [0.5, 0.6) is 5.75 Å². The Morgan fingerprint density at radius 3 is 2.53 bits per heavy atom. The van der Waals surface area contributed by atoms with Crippen LogP contribution in [0.25, 0.3) is 44.6 Å². The van der Waals surface area contributed by atoms with E-state index in [-0.39, 0.29) is 20.1 Å². The first-order chi connectivity index (χ1) is 16.4. The van der Waals surface area contributed by atoms with Gasteiger partial charge in [0.1, 0.15) is 5.75 Å². The first-order valence-electron chi connectivity index (χ1n) is 10.7. The van der Waals surface area contributed by atoms with Crippen LogP contribution in [-0.4, -0.2) is 15.0 Å². The van der Waals surface area contributed by atoms with Crippen molar-refractivity contribution in [2.75, 3.05) is 0 Å². The summed E-state index contributed by atoms with van der Waals surface area (Å²) in [5.74, 6) is 1.54. The molecule has 5 nitrogen and oxygen atoms in total. The molecule has 3 aromatic heterocycles. The summed E-state index contributed by atoms with van der Waals surface area (Å²) in [6.45, 7) is 0.589. The molecule has 6 aromatic rings. The van der Waals surface area contributed by atoms with Crippen LogP contribution in [0.3, 0.4) is 0 Å². The molecule has 0 fully saturated rings. The van der Waals surface area contributed by atoms with Crippen LogP contribution in [0, 0.1) is 6.07 Å². The number of para-hydroxylation sites is 2. The number of hydrogen-bond acceptors (Lipinski definition) is 4. The number of aromatic nitrogens is 4. The molecule has 1 radical (unpaired) electrons. The van der Waals surface area contributed by atoms with Crippen LogP contribution < -0.4 is 9.72 Å². The van der Waals surface area contributed by atoms with Crippen molar-refractivity contribution in [3.8, 4) is 28.5 Å². The molecule has 1 aliphatic rings. The zero-order valence-electron chi connectivity index (χ0n) is 18.0. The van der Waals surface area contributed by atoms with Crippen LogP contribution in [0.1, 0.15) is 5.56 Å². The fourth-order valence-corrected chi connectivity index (χ4v) is 3.99. The van der Waals surface area contributed by atoms with Gasteiger partial charge in [0.25, 0.3) is 0 Å². The second-order valence-electron chi connectivity index (χ2n) is 7.62. The average Bonchev–Trinajstić information content (AvgIpc) is 3.34. The van der Waals surface area contributed by atoms with E-state index in [1.54, 1.807) is 12.4 Å². The summed E-state index contributed by atoms with van der Waals surface area (Å²) in [5.41, 5.74) is 5.78. The minimum Gasteiger partial charge on any atom is -0.506 e. The van der Waals surface area contributed by atoms with Crippen LogP contribution in [0.2, 0.25) is 0 Å². The predicted molar refractivity (Wildman–Crippen MR) is 129 cm³/mol. The maximum absolute atomic E-state index is 5.78. The second kappa shape index (κ2) is 9.56. The van der Waals surface area contributed by atoms with Crippen molar-refractivity contribution < 1.29 is 24.8 Å². The monoisotopic (exact) mass is 619 g/mol. The molecule has 167 valence electrons. The van der Waals surface area contributed by atoms with E-state index in [2.05, 4.69) is 44.2 Å². The van der Waals surface area contributed by atoms with Gasteiger partial charge in [0.15, 0.2) is 0 Å². The molecule has 7 rings (SSSR count). The van der Waals surface area contributed by atoms with Gasteiger partial charge >= 0.3 is 0 Å². The second-order valence-corrected chi connectivity index (χ2v) is 7.62. The molecule has 34 heavy (non-hydrogen) atoms. The summed E-state index contributed by atoms with van der Waals surface area (Å²) < 4.78 is 5.78. The third-order valence-electron chi connectivity index (χ3n) is 5.57. The number of pyridine rings is 2. The van der Waals surface area contributed by atoms with Crippen molar-refractivity contribution >= 4 is 21.8 Å². The molecule has 0 bridgehead atoms. The largest absolute Gasteiger partial charge is 0.506 e. The van der Waals surface area contributed by atoms with Crippen molar-refractivity contribution in [1.82, 2.24) is 19.9 Å². The molecule has 0 spiro atoms. The van der Waals surface area contributed by atoms with Crippen molar-refractivity contribution in [1.29, 1.82) is 0 Å². The van der Waals surface area contributed by atoms with Gasteiger partial charge in [0, 0.05) is 38.2 Å². The van der Waals surface area contributed by atoms with E-state index in [0.717, 1.165) is 33.7 Å². The van der Waals surface area contributed by atoms with E-state index >= 15 is 0 Å². The normalized spacial score (nSPS) is 11.4. The maximum atomic E-state index is 5.78. The van der Waals surface area contributed by atoms with E-state index < -0.39 is 0 Å². The summed E-state index contributed by atoms with van der Waals surface area (Å²) in [7, 11) is 0. The molecule has 1 aliphatic heterocycles. The summed E-state index contributed by atoms with van der Waals surface area (Å²) in [6, 6.07) is 31.1. The number of benzene rings is 3. The van der Waals surface area contributed by atoms with E-state index in [1.165, 1.54) is 16.3 Å². The Labute approximate surface area is 210 Å². The van der Waals surface area contributed by atoms with Crippen LogP contribution in [0.15, 0.2) is 97.3 Å².